The second-order valence-electron chi connectivity index (χ2n) is 8.82. The Balaban J connectivity index is 2.19. The highest BCUT2D eigenvalue weighted by Gasteiger charge is 2.53. The summed E-state index contributed by atoms with van der Waals surface area (Å²) in [5.41, 5.74) is 5.09. The van der Waals surface area contributed by atoms with E-state index < -0.39 is 35.2 Å². The summed E-state index contributed by atoms with van der Waals surface area (Å²) in [6.45, 7) is 3.90. The van der Waals surface area contributed by atoms with E-state index in [-0.39, 0.29) is 23.6 Å². The minimum absolute atomic E-state index is 0.143. The number of nitrogens with two attached hydrogens (primary N) is 1. The summed E-state index contributed by atoms with van der Waals surface area (Å²) in [6.07, 6.45) is 2.43. The number of aromatic nitrogens is 1. The van der Waals surface area contributed by atoms with Crippen LogP contribution >= 0.6 is 15.9 Å². The fourth-order valence-corrected chi connectivity index (χ4v) is 5.29. The largest absolute Gasteiger partial charge is 0.477 e. The van der Waals surface area contributed by atoms with Crippen LogP contribution in [0.25, 0.3) is 10.9 Å². The number of primary amides is 1. The minimum Gasteiger partial charge on any atom is -0.477 e. The first-order chi connectivity index (χ1) is 15.1. The molecule has 0 bridgehead atoms. The first-order valence-corrected chi connectivity index (χ1v) is 11.5. The number of carbonyl (C=O) groups excluding carboxylic acids is 2. The zero-order valence-electron chi connectivity index (χ0n) is 18.1. The molecule has 32 heavy (non-hydrogen) atoms. The maximum Gasteiger partial charge on any atom is 0.352 e. The molecule has 1 aromatic carbocycles. The van der Waals surface area contributed by atoms with Crippen LogP contribution in [0.2, 0.25) is 0 Å². The molecule has 1 aromatic heterocycles. The summed E-state index contributed by atoms with van der Waals surface area (Å²) in [5, 5.41) is 22.7. The number of nitriles is 1. The molecule has 0 aliphatic heterocycles. The van der Waals surface area contributed by atoms with E-state index in [1.165, 1.54) is 0 Å². The number of benzene rings is 1. The first kappa shape index (κ1) is 23.8. The molecule has 5 N–H and O–H groups in total. The fraction of sp³-hybridized carbons (Fsp3) is 0.478. The number of H-pyrrole nitrogens is 1. The monoisotopic (exact) mass is 502 g/mol. The summed E-state index contributed by atoms with van der Waals surface area (Å²) in [6, 6.07) is 6.62. The summed E-state index contributed by atoms with van der Waals surface area (Å²) in [4.78, 5) is 41.5. The van der Waals surface area contributed by atoms with Gasteiger partial charge in [0.1, 0.15) is 11.7 Å². The predicted octanol–water partition coefficient (Wildman–Crippen LogP) is 3.60. The predicted molar refractivity (Wildman–Crippen MR) is 123 cm³/mol. The number of halogens is 1. The molecule has 1 aliphatic carbocycles. The SMILES string of the molecule is CC(C)C[C@@H](C#N)NC(=O)[C@@H]1CCCC[C@@]1(C(N)=O)c1c(C(=O)O)[nH]c2cc(Br)ccc12. The number of fused-ring (bicyclic) bond motifs is 1. The Hall–Kier alpha value is -2.86. The zero-order chi connectivity index (χ0) is 23.6. The van der Waals surface area contributed by atoms with Gasteiger partial charge >= 0.3 is 5.97 Å². The Kier molecular flexibility index (Phi) is 6.94. The van der Waals surface area contributed by atoms with Crippen LogP contribution in [0.1, 0.15) is 62.0 Å². The molecule has 1 heterocycles. The number of aromatic carboxylic acids is 1. The van der Waals surface area contributed by atoms with E-state index in [4.69, 9.17) is 5.73 Å². The summed E-state index contributed by atoms with van der Waals surface area (Å²) in [5.74, 6) is -3.10. The van der Waals surface area contributed by atoms with Gasteiger partial charge in [0.25, 0.3) is 0 Å². The van der Waals surface area contributed by atoms with Crippen LogP contribution in [-0.4, -0.2) is 33.9 Å². The van der Waals surface area contributed by atoms with Gasteiger partial charge in [-0.25, -0.2) is 4.79 Å². The molecule has 170 valence electrons. The number of rotatable bonds is 7. The topological polar surface area (TPSA) is 149 Å². The molecule has 3 atom stereocenters. The van der Waals surface area contributed by atoms with Crippen molar-refractivity contribution in [3.8, 4) is 6.07 Å². The Morgan fingerprint density at radius 3 is 2.69 bits per heavy atom. The number of amides is 2. The summed E-state index contributed by atoms with van der Waals surface area (Å²) in [7, 11) is 0. The Morgan fingerprint density at radius 2 is 2.09 bits per heavy atom. The van der Waals surface area contributed by atoms with Crippen LogP contribution in [-0.2, 0) is 15.0 Å². The van der Waals surface area contributed by atoms with Gasteiger partial charge in [0.2, 0.25) is 11.8 Å². The molecule has 0 radical (unpaired) electrons. The average Bonchev–Trinajstić information content (AvgIpc) is 3.11. The van der Waals surface area contributed by atoms with Crippen molar-refractivity contribution in [2.75, 3.05) is 0 Å². The molecule has 9 heteroatoms. The third kappa shape index (κ3) is 4.24. The number of carboxylic acids is 1. The van der Waals surface area contributed by atoms with Crippen molar-refractivity contribution in [3.63, 3.8) is 0 Å². The molecule has 1 fully saturated rings. The lowest BCUT2D eigenvalue weighted by Gasteiger charge is -2.41. The van der Waals surface area contributed by atoms with Gasteiger partial charge in [0.05, 0.1) is 17.4 Å². The number of hydrogen-bond donors (Lipinski definition) is 4. The Morgan fingerprint density at radius 1 is 1.38 bits per heavy atom. The van der Waals surface area contributed by atoms with Gasteiger partial charge < -0.3 is 21.1 Å². The van der Waals surface area contributed by atoms with Gasteiger partial charge in [-0.15, -0.1) is 0 Å². The maximum absolute atomic E-state index is 13.4. The maximum atomic E-state index is 13.4. The number of nitrogens with zero attached hydrogens (tertiary/aromatic N) is 1. The highest BCUT2D eigenvalue weighted by atomic mass is 79.9. The zero-order valence-corrected chi connectivity index (χ0v) is 19.7. The average molecular weight is 503 g/mol. The Bertz CT molecular complexity index is 1100. The van der Waals surface area contributed by atoms with Crippen molar-refractivity contribution in [2.24, 2.45) is 17.6 Å². The first-order valence-electron chi connectivity index (χ1n) is 10.7. The third-order valence-electron chi connectivity index (χ3n) is 6.26. The van der Waals surface area contributed by atoms with Crippen molar-refractivity contribution < 1.29 is 19.5 Å². The number of hydrogen-bond acceptors (Lipinski definition) is 4. The molecule has 3 rings (SSSR count). The minimum atomic E-state index is -1.50. The Labute approximate surface area is 194 Å². The highest BCUT2D eigenvalue weighted by molar-refractivity contribution is 9.10. The lowest BCUT2D eigenvalue weighted by molar-refractivity contribution is -0.137. The molecule has 0 saturated heterocycles. The van der Waals surface area contributed by atoms with Gasteiger partial charge in [-0.2, -0.15) is 5.26 Å². The smallest absolute Gasteiger partial charge is 0.352 e. The van der Waals surface area contributed by atoms with E-state index in [2.05, 4.69) is 32.3 Å². The van der Waals surface area contributed by atoms with Crippen molar-refractivity contribution in [3.05, 3.63) is 33.9 Å². The quantitative estimate of drug-likeness (QED) is 0.456. The third-order valence-corrected chi connectivity index (χ3v) is 6.76. The van der Waals surface area contributed by atoms with Crippen molar-refractivity contribution >= 4 is 44.6 Å². The van der Waals surface area contributed by atoms with E-state index >= 15 is 0 Å². The van der Waals surface area contributed by atoms with E-state index in [1.54, 1.807) is 18.2 Å². The second kappa shape index (κ2) is 9.33. The van der Waals surface area contributed by atoms with Gasteiger partial charge in [-0.1, -0.05) is 48.7 Å². The standard InChI is InChI=1S/C23H27BrN4O4/c1-12(2)9-14(11-25)27-20(29)16-5-3-4-8-23(16,22(26)32)18-15-7-6-13(24)10-17(15)28-19(18)21(30)31/h6-7,10,12,14,16,28H,3-5,8-9H2,1-2H3,(H2,26,32)(H,27,29)(H,30,31)/t14-,16-,23-/m0/s1. The van der Waals surface area contributed by atoms with E-state index in [1.807, 2.05) is 13.8 Å². The van der Waals surface area contributed by atoms with E-state index in [9.17, 15) is 24.8 Å². The van der Waals surface area contributed by atoms with Gasteiger partial charge in [-0.05, 0) is 37.3 Å². The highest BCUT2D eigenvalue weighted by Crippen LogP contribution is 2.48. The molecular weight excluding hydrogens is 476 g/mol. The van der Waals surface area contributed by atoms with Crippen molar-refractivity contribution in [1.82, 2.24) is 10.3 Å². The fourth-order valence-electron chi connectivity index (χ4n) is 4.93. The van der Waals surface area contributed by atoms with E-state index in [0.717, 1.165) is 4.47 Å². The molecule has 2 aromatic rings. The van der Waals surface area contributed by atoms with Gasteiger partial charge in [-0.3, -0.25) is 9.59 Å². The normalized spacial score (nSPS) is 21.8. The summed E-state index contributed by atoms with van der Waals surface area (Å²) < 4.78 is 0.742. The molecule has 1 aliphatic rings. The number of carbonyl (C=O) groups is 3. The van der Waals surface area contributed by atoms with Crippen LogP contribution in [0, 0.1) is 23.2 Å². The second-order valence-corrected chi connectivity index (χ2v) is 9.74. The number of aromatic amines is 1. The van der Waals surface area contributed by atoms with Gasteiger partial charge in [0.15, 0.2) is 0 Å². The lowest BCUT2D eigenvalue weighted by Crippen LogP contribution is -2.55. The van der Waals surface area contributed by atoms with Crippen LogP contribution < -0.4 is 11.1 Å². The van der Waals surface area contributed by atoms with Crippen LogP contribution in [0.5, 0.6) is 0 Å². The number of carboxylic acid groups (broad SMARTS) is 1. The molecule has 2 amide bonds. The van der Waals surface area contributed by atoms with Crippen LogP contribution in [0.3, 0.4) is 0 Å². The van der Waals surface area contributed by atoms with Gasteiger partial charge in [0, 0.05) is 20.9 Å². The van der Waals surface area contributed by atoms with Crippen LogP contribution in [0.4, 0.5) is 0 Å². The molecular formula is C23H27BrN4O4. The number of nitrogens with one attached hydrogen (secondary N) is 2. The molecule has 8 nitrogen and oxygen atoms in total. The van der Waals surface area contributed by atoms with E-state index in [0.29, 0.717) is 36.6 Å². The summed E-state index contributed by atoms with van der Waals surface area (Å²) >= 11 is 3.38. The molecule has 0 unspecified atom stereocenters. The lowest BCUT2D eigenvalue weighted by atomic mass is 9.60. The van der Waals surface area contributed by atoms with Crippen LogP contribution in [0.15, 0.2) is 22.7 Å². The van der Waals surface area contributed by atoms with Crippen molar-refractivity contribution in [1.29, 1.82) is 5.26 Å². The molecule has 1 saturated carbocycles. The molecule has 0 spiro atoms. The van der Waals surface area contributed by atoms with Crippen molar-refractivity contribution in [2.45, 2.75) is 57.4 Å².